The number of hydrogen-bond donors (Lipinski definition) is 1. The van der Waals surface area contributed by atoms with Gasteiger partial charge in [0.25, 0.3) is 0 Å². The Morgan fingerprint density at radius 2 is 1.73 bits per heavy atom. The van der Waals surface area contributed by atoms with Crippen LogP contribution in [0.3, 0.4) is 0 Å². The van der Waals surface area contributed by atoms with E-state index < -0.39 is 10.0 Å². The SMILES string of the molecule is CCN(CC)CCOCCNS(=O)(=O)c1ccc(OC)cc1. The summed E-state index contributed by atoms with van der Waals surface area (Å²) in [4.78, 5) is 2.47. The van der Waals surface area contributed by atoms with Gasteiger partial charge in [-0.15, -0.1) is 0 Å². The predicted molar refractivity (Wildman–Crippen MR) is 86.8 cm³/mol. The van der Waals surface area contributed by atoms with Crippen molar-refractivity contribution in [3.8, 4) is 5.75 Å². The molecule has 0 aliphatic heterocycles. The molecular weight excluding hydrogens is 304 g/mol. The molecule has 0 spiro atoms. The molecule has 0 aliphatic carbocycles. The zero-order valence-electron chi connectivity index (χ0n) is 13.5. The van der Waals surface area contributed by atoms with E-state index in [1.54, 1.807) is 12.1 Å². The molecule has 6 nitrogen and oxygen atoms in total. The zero-order valence-corrected chi connectivity index (χ0v) is 14.4. The quantitative estimate of drug-likeness (QED) is 0.620. The van der Waals surface area contributed by atoms with Gasteiger partial charge in [0.2, 0.25) is 10.0 Å². The van der Waals surface area contributed by atoms with Gasteiger partial charge in [-0.3, -0.25) is 0 Å². The number of benzene rings is 1. The molecule has 126 valence electrons. The van der Waals surface area contributed by atoms with E-state index >= 15 is 0 Å². The lowest BCUT2D eigenvalue weighted by molar-refractivity contribution is 0.111. The van der Waals surface area contributed by atoms with E-state index in [0.717, 1.165) is 19.6 Å². The van der Waals surface area contributed by atoms with Crippen LogP contribution in [0.4, 0.5) is 0 Å². The lowest BCUT2D eigenvalue weighted by Gasteiger charge is -2.17. The van der Waals surface area contributed by atoms with Gasteiger partial charge in [-0.05, 0) is 37.4 Å². The van der Waals surface area contributed by atoms with Crippen molar-refractivity contribution in [2.75, 3.05) is 46.5 Å². The van der Waals surface area contributed by atoms with Crippen molar-refractivity contribution < 1.29 is 17.9 Å². The molecule has 7 heteroatoms. The van der Waals surface area contributed by atoms with Gasteiger partial charge in [0, 0.05) is 13.1 Å². The van der Waals surface area contributed by atoms with Crippen LogP contribution in [-0.2, 0) is 14.8 Å². The highest BCUT2D eigenvalue weighted by molar-refractivity contribution is 7.89. The number of nitrogens with zero attached hydrogens (tertiary/aromatic N) is 1. The maximum atomic E-state index is 12.0. The first-order valence-corrected chi connectivity index (χ1v) is 8.95. The molecule has 0 fully saturated rings. The average Bonchev–Trinajstić information content (AvgIpc) is 2.54. The van der Waals surface area contributed by atoms with Crippen molar-refractivity contribution in [2.24, 2.45) is 0 Å². The summed E-state index contributed by atoms with van der Waals surface area (Å²) in [5.74, 6) is 0.624. The Balaban J connectivity index is 2.30. The van der Waals surface area contributed by atoms with Crippen molar-refractivity contribution in [1.82, 2.24) is 9.62 Å². The first-order chi connectivity index (χ1) is 10.5. The smallest absolute Gasteiger partial charge is 0.240 e. The summed E-state index contributed by atoms with van der Waals surface area (Å²) in [6.45, 7) is 8.26. The minimum Gasteiger partial charge on any atom is -0.497 e. The molecule has 1 N–H and O–H groups in total. The third-order valence-corrected chi connectivity index (χ3v) is 4.83. The summed E-state index contributed by atoms with van der Waals surface area (Å²) < 4.78 is 37.1. The molecule has 0 heterocycles. The molecule has 0 unspecified atom stereocenters. The summed E-state index contributed by atoms with van der Waals surface area (Å²) in [5.41, 5.74) is 0. The highest BCUT2D eigenvalue weighted by Crippen LogP contribution is 2.14. The molecule has 0 radical (unpaired) electrons. The first-order valence-electron chi connectivity index (χ1n) is 7.47. The number of hydrogen-bond acceptors (Lipinski definition) is 5. The Morgan fingerprint density at radius 3 is 2.27 bits per heavy atom. The Labute approximate surface area is 133 Å². The summed E-state index contributed by atoms with van der Waals surface area (Å²) in [7, 11) is -1.96. The third kappa shape index (κ3) is 6.31. The molecule has 1 rings (SSSR count). The van der Waals surface area contributed by atoms with Crippen molar-refractivity contribution in [3.63, 3.8) is 0 Å². The predicted octanol–water partition coefficient (Wildman–Crippen LogP) is 1.33. The molecule has 0 aromatic heterocycles. The molecule has 0 atom stereocenters. The van der Waals surface area contributed by atoms with Crippen LogP contribution in [0, 0.1) is 0 Å². The molecule has 22 heavy (non-hydrogen) atoms. The topological polar surface area (TPSA) is 67.9 Å². The van der Waals surface area contributed by atoms with E-state index in [4.69, 9.17) is 9.47 Å². The van der Waals surface area contributed by atoms with Gasteiger partial charge in [-0.25, -0.2) is 13.1 Å². The van der Waals surface area contributed by atoms with Crippen molar-refractivity contribution >= 4 is 10.0 Å². The number of ether oxygens (including phenoxy) is 2. The van der Waals surface area contributed by atoms with E-state index in [9.17, 15) is 8.42 Å². The fourth-order valence-electron chi connectivity index (χ4n) is 1.92. The van der Waals surface area contributed by atoms with Gasteiger partial charge >= 0.3 is 0 Å². The summed E-state index contributed by atoms with van der Waals surface area (Å²) >= 11 is 0. The fraction of sp³-hybridized carbons (Fsp3) is 0.600. The molecular formula is C15H26N2O4S. The van der Waals surface area contributed by atoms with E-state index in [2.05, 4.69) is 23.5 Å². The van der Waals surface area contributed by atoms with Gasteiger partial charge in [-0.1, -0.05) is 13.8 Å². The lowest BCUT2D eigenvalue weighted by atomic mass is 10.3. The number of methoxy groups -OCH3 is 1. The van der Waals surface area contributed by atoms with Crippen LogP contribution in [0.5, 0.6) is 5.75 Å². The second-order valence-electron chi connectivity index (χ2n) is 4.71. The van der Waals surface area contributed by atoms with Crippen LogP contribution in [0.2, 0.25) is 0 Å². The van der Waals surface area contributed by atoms with Crippen LogP contribution in [0.15, 0.2) is 29.2 Å². The van der Waals surface area contributed by atoms with Crippen molar-refractivity contribution in [3.05, 3.63) is 24.3 Å². The third-order valence-electron chi connectivity index (χ3n) is 3.35. The largest absolute Gasteiger partial charge is 0.497 e. The molecule has 0 saturated heterocycles. The van der Waals surface area contributed by atoms with E-state index in [1.165, 1.54) is 19.2 Å². The Morgan fingerprint density at radius 1 is 1.09 bits per heavy atom. The standard InChI is InChI=1S/C15H26N2O4S/c1-4-17(5-2)11-13-21-12-10-16-22(18,19)15-8-6-14(20-3)7-9-15/h6-9,16H,4-5,10-13H2,1-3H3. The van der Waals surface area contributed by atoms with Crippen molar-refractivity contribution in [2.45, 2.75) is 18.7 Å². The van der Waals surface area contributed by atoms with Crippen LogP contribution in [0.25, 0.3) is 0 Å². The molecule has 0 bridgehead atoms. The highest BCUT2D eigenvalue weighted by atomic mass is 32.2. The average molecular weight is 330 g/mol. The maximum absolute atomic E-state index is 12.0. The van der Waals surface area contributed by atoms with Gasteiger partial charge in [0.05, 0.1) is 25.2 Å². The highest BCUT2D eigenvalue weighted by Gasteiger charge is 2.13. The normalized spacial score (nSPS) is 11.8. The minimum atomic E-state index is -3.49. The summed E-state index contributed by atoms with van der Waals surface area (Å²) in [6, 6.07) is 6.27. The van der Waals surface area contributed by atoms with Crippen LogP contribution in [-0.4, -0.2) is 59.8 Å². The van der Waals surface area contributed by atoms with E-state index in [1.807, 2.05) is 0 Å². The van der Waals surface area contributed by atoms with Crippen molar-refractivity contribution in [1.29, 1.82) is 0 Å². The molecule has 1 aromatic carbocycles. The number of nitrogens with one attached hydrogen (secondary N) is 1. The number of sulfonamides is 1. The second-order valence-corrected chi connectivity index (χ2v) is 6.48. The fourth-order valence-corrected chi connectivity index (χ4v) is 2.94. The number of likely N-dealkylation sites (N-methyl/N-ethyl adjacent to an activating group) is 1. The molecule has 0 amide bonds. The Kier molecular flexibility index (Phi) is 8.40. The van der Waals surface area contributed by atoms with E-state index in [-0.39, 0.29) is 11.4 Å². The molecule has 0 saturated carbocycles. The summed E-state index contributed by atoms with van der Waals surface area (Å²) in [6.07, 6.45) is 0. The van der Waals surface area contributed by atoms with Gasteiger partial charge < -0.3 is 14.4 Å². The van der Waals surface area contributed by atoms with Gasteiger partial charge in [0.15, 0.2) is 0 Å². The molecule has 1 aromatic rings. The van der Waals surface area contributed by atoms with Crippen LogP contribution in [0.1, 0.15) is 13.8 Å². The maximum Gasteiger partial charge on any atom is 0.240 e. The molecule has 0 aliphatic rings. The lowest BCUT2D eigenvalue weighted by Crippen LogP contribution is -2.30. The Bertz CT molecular complexity index is 513. The second kappa shape index (κ2) is 9.78. The van der Waals surface area contributed by atoms with Crippen LogP contribution < -0.4 is 9.46 Å². The monoisotopic (exact) mass is 330 g/mol. The Hall–Kier alpha value is -1.15. The first kappa shape index (κ1) is 18.9. The van der Waals surface area contributed by atoms with Gasteiger partial charge in [0.1, 0.15) is 5.75 Å². The number of rotatable bonds is 11. The van der Waals surface area contributed by atoms with Gasteiger partial charge in [-0.2, -0.15) is 0 Å². The summed E-state index contributed by atoms with van der Waals surface area (Å²) in [5, 5.41) is 0. The van der Waals surface area contributed by atoms with E-state index in [0.29, 0.717) is 19.0 Å². The van der Waals surface area contributed by atoms with Crippen LogP contribution >= 0.6 is 0 Å². The minimum absolute atomic E-state index is 0.219. The zero-order chi connectivity index (χ0) is 16.4.